The van der Waals surface area contributed by atoms with Gasteiger partial charge in [0.15, 0.2) is 19.4 Å². The predicted octanol–water partition coefficient (Wildman–Crippen LogP) is 3.44. The van der Waals surface area contributed by atoms with Crippen molar-refractivity contribution >= 4 is 12.0 Å². The summed E-state index contributed by atoms with van der Waals surface area (Å²) in [6.45, 7) is 5.39. The van der Waals surface area contributed by atoms with Gasteiger partial charge in [-0.2, -0.15) is 0 Å². The molecule has 1 fully saturated rings. The quantitative estimate of drug-likeness (QED) is 0.374. The smallest absolute Gasteiger partial charge is 0.342 e. The molecule has 2 aliphatic heterocycles. The third-order valence-corrected chi connectivity index (χ3v) is 5.32. The van der Waals surface area contributed by atoms with Gasteiger partial charge in [0.1, 0.15) is 35.4 Å². The molecule has 9 nitrogen and oxygen atoms in total. The van der Waals surface area contributed by atoms with E-state index in [4.69, 9.17) is 33.2 Å². The first-order chi connectivity index (χ1) is 16.2. The highest BCUT2D eigenvalue weighted by atomic mass is 16.8. The molecule has 188 valence electrons. The van der Waals surface area contributed by atoms with Gasteiger partial charge in [0, 0.05) is 26.7 Å². The summed E-state index contributed by atoms with van der Waals surface area (Å²) in [6.07, 6.45) is 5.72. The molecule has 0 bridgehead atoms. The molecule has 1 aromatic carbocycles. The van der Waals surface area contributed by atoms with Crippen LogP contribution in [0.3, 0.4) is 0 Å². The molecule has 1 N–H and O–H groups in total. The van der Waals surface area contributed by atoms with Crippen LogP contribution >= 0.6 is 0 Å². The van der Waals surface area contributed by atoms with Gasteiger partial charge in [0.25, 0.3) is 0 Å². The van der Waals surface area contributed by atoms with E-state index in [2.05, 4.69) is 0 Å². The van der Waals surface area contributed by atoms with Gasteiger partial charge in [-0.15, -0.1) is 0 Å². The van der Waals surface area contributed by atoms with Crippen LogP contribution in [0.2, 0.25) is 0 Å². The number of rotatable bonds is 6. The molecule has 3 unspecified atom stereocenters. The molecule has 2 heterocycles. The Morgan fingerprint density at radius 3 is 2.53 bits per heavy atom. The number of ether oxygens (including phenoxy) is 7. The van der Waals surface area contributed by atoms with Crippen molar-refractivity contribution in [2.45, 2.75) is 63.8 Å². The molecule has 0 saturated carbocycles. The first kappa shape index (κ1) is 26.2. The van der Waals surface area contributed by atoms with Crippen molar-refractivity contribution in [2.75, 3.05) is 27.8 Å². The van der Waals surface area contributed by atoms with Crippen molar-refractivity contribution in [1.29, 1.82) is 0 Å². The van der Waals surface area contributed by atoms with Crippen LogP contribution in [0.1, 0.15) is 49.5 Å². The fourth-order valence-electron chi connectivity index (χ4n) is 3.88. The van der Waals surface area contributed by atoms with Gasteiger partial charge < -0.3 is 38.3 Å². The number of carbonyl (C=O) groups is 1. The van der Waals surface area contributed by atoms with Gasteiger partial charge in [-0.05, 0) is 38.8 Å². The summed E-state index contributed by atoms with van der Waals surface area (Å²) in [5, 5.41) is 10.7. The number of methoxy groups -OCH3 is 2. The van der Waals surface area contributed by atoms with Crippen molar-refractivity contribution < 1.29 is 43.1 Å². The van der Waals surface area contributed by atoms with Gasteiger partial charge in [-0.25, -0.2) is 4.79 Å². The molecule has 1 aromatic rings. The molecule has 9 heteroatoms. The first-order valence-corrected chi connectivity index (χ1v) is 11.2. The predicted molar refractivity (Wildman–Crippen MR) is 124 cm³/mol. The zero-order chi connectivity index (χ0) is 24.7. The first-order valence-electron chi connectivity index (χ1n) is 11.2. The Labute approximate surface area is 200 Å². The lowest BCUT2D eigenvalue weighted by molar-refractivity contribution is -0.152. The van der Waals surface area contributed by atoms with Gasteiger partial charge in [0.05, 0.1) is 6.10 Å². The van der Waals surface area contributed by atoms with Crippen LogP contribution in [0.15, 0.2) is 30.4 Å². The van der Waals surface area contributed by atoms with E-state index in [0.717, 1.165) is 0 Å². The maximum atomic E-state index is 13.2. The van der Waals surface area contributed by atoms with Gasteiger partial charge in [-0.1, -0.05) is 24.3 Å². The van der Waals surface area contributed by atoms with Crippen LogP contribution in [0.25, 0.3) is 6.08 Å². The highest BCUT2D eigenvalue weighted by Crippen LogP contribution is 2.34. The molecule has 34 heavy (non-hydrogen) atoms. The van der Waals surface area contributed by atoms with Crippen LogP contribution in [0.5, 0.6) is 11.5 Å². The minimum absolute atomic E-state index is 0.0297. The number of hydrogen-bond acceptors (Lipinski definition) is 9. The number of esters is 1. The number of hydrogen-bond donors (Lipinski definition) is 1. The maximum Gasteiger partial charge on any atom is 0.342 e. The summed E-state index contributed by atoms with van der Waals surface area (Å²) in [5.74, 6) is -0.638. The molecule has 0 aromatic heterocycles. The van der Waals surface area contributed by atoms with E-state index in [1.807, 2.05) is 19.9 Å². The van der Waals surface area contributed by atoms with Crippen molar-refractivity contribution in [2.24, 2.45) is 0 Å². The minimum Gasteiger partial charge on any atom is -0.467 e. The van der Waals surface area contributed by atoms with Crippen LogP contribution in [-0.2, 0) is 23.7 Å². The van der Waals surface area contributed by atoms with E-state index in [-0.39, 0.29) is 31.0 Å². The van der Waals surface area contributed by atoms with Crippen LogP contribution in [0.4, 0.5) is 0 Å². The van der Waals surface area contributed by atoms with Crippen molar-refractivity contribution in [3.05, 3.63) is 41.5 Å². The van der Waals surface area contributed by atoms with Crippen LogP contribution in [-0.4, -0.2) is 69.1 Å². The topological polar surface area (TPSA) is 102 Å². The maximum absolute atomic E-state index is 13.2. The average Bonchev–Trinajstić information content (AvgIpc) is 3.09. The molecular weight excluding hydrogens is 444 g/mol. The second kappa shape index (κ2) is 11.8. The van der Waals surface area contributed by atoms with Crippen molar-refractivity contribution in [3.8, 4) is 11.5 Å². The second-order valence-electron chi connectivity index (χ2n) is 8.63. The molecular formula is C25H34O9. The molecule has 0 aliphatic carbocycles. The van der Waals surface area contributed by atoms with E-state index >= 15 is 0 Å². The lowest BCUT2D eigenvalue weighted by Gasteiger charge is -2.21. The average molecular weight is 479 g/mol. The largest absolute Gasteiger partial charge is 0.467 e. The molecule has 0 amide bonds. The third-order valence-electron chi connectivity index (χ3n) is 5.32. The Hall–Kier alpha value is -2.43. The Morgan fingerprint density at radius 1 is 1.06 bits per heavy atom. The van der Waals surface area contributed by atoms with Gasteiger partial charge in [0.2, 0.25) is 0 Å². The summed E-state index contributed by atoms with van der Waals surface area (Å²) in [5.41, 5.74) is 0.797. The van der Waals surface area contributed by atoms with Gasteiger partial charge in [-0.3, -0.25) is 0 Å². The fraction of sp³-hybridized carbons (Fsp3) is 0.560. The number of aliphatic hydroxyl groups excluding tert-OH is 1. The summed E-state index contributed by atoms with van der Waals surface area (Å²) in [4.78, 5) is 13.2. The Morgan fingerprint density at radius 2 is 1.79 bits per heavy atom. The Balaban J connectivity index is 2.03. The molecule has 2 aliphatic rings. The molecule has 4 atom stereocenters. The SMILES string of the molecule is COCOc1cc2c(c(OCOC)c1)C(=O)O[C@@H](C)C/C=C\C(O)C1OC(C)(C)OC1C/C=C/2. The van der Waals surface area contributed by atoms with E-state index in [1.54, 1.807) is 37.3 Å². The Kier molecular flexibility index (Phi) is 9.10. The summed E-state index contributed by atoms with van der Waals surface area (Å²) in [6, 6.07) is 3.31. The van der Waals surface area contributed by atoms with E-state index in [0.29, 0.717) is 24.2 Å². The van der Waals surface area contributed by atoms with Crippen LogP contribution in [0, 0.1) is 0 Å². The zero-order valence-electron chi connectivity index (χ0n) is 20.3. The molecule has 3 rings (SSSR count). The van der Waals surface area contributed by atoms with Gasteiger partial charge >= 0.3 is 5.97 Å². The lowest BCUT2D eigenvalue weighted by Crippen LogP contribution is -2.34. The summed E-state index contributed by atoms with van der Waals surface area (Å²) < 4.78 is 39.0. The van der Waals surface area contributed by atoms with Crippen LogP contribution < -0.4 is 9.47 Å². The fourth-order valence-corrected chi connectivity index (χ4v) is 3.88. The Bertz CT molecular complexity index is 893. The third kappa shape index (κ3) is 6.80. The minimum atomic E-state index is -0.860. The molecule has 1 saturated heterocycles. The zero-order valence-corrected chi connectivity index (χ0v) is 20.3. The molecule has 0 spiro atoms. The van der Waals surface area contributed by atoms with E-state index in [9.17, 15) is 9.90 Å². The van der Waals surface area contributed by atoms with E-state index < -0.39 is 30.1 Å². The monoisotopic (exact) mass is 478 g/mol. The van der Waals surface area contributed by atoms with E-state index in [1.165, 1.54) is 14.2 Å². The number of aliphatic hydroxyl groups is 1. The van der Waals surface area contributed by atoms with Crippen molar-refractivity contribution in [1.82, 2.24) is 0 Å². The second-order valence-corrected chi connectivity index (χ2v) is 8.63. The summed E-state index contributed by atoms with van der Waals surface area (Å²) in [7, 11) is 3.01. The van der Waals surface area contributed by atoms with Crippen molar-refractivity contribution in [3.63, 3.8) is 0 Å². The number of benzene rings is 1. The molecule has 0 radical (unpaired) electrons. The standard InChI is InChI=1S/C25H34O9/c1-16-8-6-10-19(26)23-20(33-25(2,3)34-23)11-7-9-17-12-18(30-14-28-4)13-21(31-15-29-5)22(17)24(27)32-16/h6-7,9-10,12-13,16,19-20,23,26H,8,11,14-15H2,1-5H3/b9-7+,10-6-/t16-,19?,20?,23?/m0/s1. The number of carbonyl (C=O) groups excluding carboxylic acids is 1. The highest BCUT2D eigenvalue weighted by Gasteiger charge is 2.43. The summed E-state index contributed by atoms with van der Waals surface area (Å²) >= 11 is 0. The lowest BCUT2D eigenvalue weighted by atomic mass is 10.0. The number of fused-ring (bicyclic) bond motifs is 2. The normalized spacial score (nSPS) is 28.7. The number of cyclic esters (lactones) is 1. The highest BCUT2D eigenvalue weighted by molar-refractivity contribution is 5.97.